The van der Waals surface area contributed by atoms with Crippen molar-refractivity contribution in [1.29, 1.82) is 0 Å². The van der Waals surface area contributed by atoms with Crippen molar-refractivity contribution in [2.24, 2.45) is 11.7 Å². The molecule has 2 heterocycles. The molecule has 15 heavy (non-hydrogen) atoms. The smallest absolute Gasteiger partial charge is 0.0536 e. The van der Waals surface area contributed by atoms with E-state index in [0.717, 1.165) is 26.2 Å². The molecule has 0 radical (unpaired) electrons. The van der Waals surface area contributed by atoms with Crippen LogP contribution in [0.1, 0.15) is 12.5 Å². The number of likely N-dealkylation sites (tertiary alicyclic amines) is 1. The molecule has 1 aromatic heterocycles. The van der Waals surface area contributed by atoms with E-state index in [1.807, 2.05) is 10.9 Å². The molecule has 1 fully saturated rings. The minimum Gasteiger partial charge on any atom is -0.326 e. The van der Waals surface area contributed by atoms with Gasteiger partial charge in [-0.15, -0.1) is 0 Å². The molecule has 0 aliphatic carbocycles. The monoisotopic (exact) mass is 208 g/mol. The van der Waals surface area contributed by atoms with Gasteiger partial charge in [-0.05, 0) is 18.4 Å². The third-order valence-electron chi connectivity index (χ3n) is 3.15. The van der Waals surface area contributed by atoms with Crippen LogP contribution in [0.4, 0.5) is 0 Å². The number of rotatable bonds is 3. The summed E-state index contributed by atoms with van der Waals surface area (Å²) in [6.07, 6.45) is 3.98. The highest BCUT2D eigenvalue weighted by Gasteiger charge is 2.25. The molecule has 4 heteroatoms. The van der Waals surface area contributed by atoms with Crippen molar-refractivity contribution in [2.75, 3.05) is 19.6 Å². The normalized spacial score (nSPS) is 27.4. The zero-order chi connectivity index (χ0) is 10.8. The number of aromatic nitrogens is 2. The standard InChI is InChI=1S/C11H20N4/c1-9-5-13-15(6-9)4-3-14-7-10(2)11(12)8-14/h5-6,10-11H,3-4,7-8,12H2,1-2H3. The van der Waals surface area contributed by atoms with Gasteiger partial charge in [0.15, 0.2) is 0 Å². The van der Waals surface area contributed by atoms with Gasteiger partial charge < -0.3 is 5.73 Å². The van der Waals surface area contributed by atoms with Crippen LogP contribution in [0, 0.1) is 12.8 Å². The molecule has 2 unspecified atom stereocenters. The van der Waals surface area contributed by atoms with E-state index < -0.39 is 0 Å². The predicted molar refractivity (Wildman–Crippen MR) is 60.5 cm³/mol. The van der Waals surface area contributed by atoms with E-state index in [-0.39, 0.29) is 0 Å². The molecular formula is C11H20N4. The Hall–Kier alpha value is -0.870. The van der Waals surface area contributed by atoms with E-state index >= 15 is 0 Å². The van der Waals surface area contributed by atoms with Gasteiger partial charge in [0.05, 0.1) is 12.7 Å². The van der Waals surface area contributed by atoms with E-state index in [1.54, 1.807) is 0 Å². The highest BCUT2D eigenvalue weighted by atomic mass is 15.3. The zero-order valence-electron chi connectivity index (χ0n) is 9.56. The number of hydrogen-bond acceptors (Lipinski definition) is 3. The third kappa shape index (κ3) is 2.58. The summed E-state index contributed by atoms with van der Waals surface area (Å²) < 4.78 is 2.00. The van der Waals surface area contributed by atoms with Crippen molar-refractivity contribution in [3.63, 3.8) is 0 Å². The molecule has 1 aliphatic heterocycles. The summed E-state index contributed by atoms with van der Waals surface area (Å²) in [5, 5.41) is 4.27. The Bertz CT molecular complexity index is 310. The maximum Gasteiger partial charge on any atom is 0.0536 e. The van der Waals surface area contributed by atoms with Gasteiger partial charge in [-0.3, -0.25) is 9.58 Å². The van der Waals surface area contributed by atoms with Crippen LogP contribution < -0.4 is 5.73 Å². The molecule has 2 N–H and O–H groups in total. The first-order valence-corrected chi connectivity index (χ1v) is 5.62. The molecular weight excluding hydrogens is 188 g/mol. The lowest BCUT2D eigenvalue weighted by atomic mass is 10.1. The van der Waals surface area contributed by atoms with E-state index in [0.29, 0.717) is 12.0 Å². The van der Waals surface area contributed by atoms with Crippen molar-refractivity contribution >= 4 is 0 Å². The summed E-state index contributed by atoms with van der Waals surface area (Å²) in [6.45, 7) is 8.47. The van der Waals surface area contributed by atoms with Crippen LogP contribution in [0.5, 0.6) is 0 Å². The molecule has 2 rings (SSSR count). The summed E-state index contributed by atoms with van der Waals surface area (Å²) >= 11 is 0. The minimum absolute atomic E-state index is 0.351. The maximum atomic E-state index is 5.98. The largest absolute Gasteiger partial charge is 0.326 e. The highest BCUT2D eigenvalue weighted by molar-refractivity contribution is 4.99. The van der Waals surface area contributed by atoms with Crippen molar-refractivity contribution in [1.82, 2.24) is 14.7 Å². The fourth-order valence-corrected chi connectivity index (χ4v) is 2.11. The van der Waals surface area contributed by atoms with Crippen molar-refractivity contribution in [2.45, 2.75) is 26.4 Å². The van der Waals surface area contributed by atoms with E-state index in [9.17, 15) is 0 Å². The van der Waals surface area contributed by atoms with Crippen LogP contribution in [-0.4, -0.2) is 40.4 Å². The van der Waals surface area contributed by atoms with Gasteiger partial charge in [-0.1, -0.05) is 6.92 Å². The molecule has 0 spiro atoms. The number of nitrogens with two attached hydrogens (primary N) is 1. The second-order valence-electron chi connectivity index (χ2n) is 4.68. The lowest BCUT2D eigenvalue weighted by molar-refractivity contribution is 0.305. The Morgan fingerprint density at radius 3 is 2.80 bits per heavy atom. The van der Waals surface area contributed by atoms with Gasteiger partial charge in [0.25, 0.3) is 0 Å². The average molecular weight is 208 g/mol. The topological polar surface area (TPSA) is 47.1 Å². The maximum absolute atomic E-state index is 5.98. The first-order chi connectivity index (χ1) is 7.15. The van der Waals surface area contributed by atoms with E-state index in [2.05, 4.69) is 30.0 Å². The molecule has 1 saturated heterocycles. The fourth-order valence-electron chi connectivity index (χ4n) is 2.11. The molecule has 0 amide bonds. The van der Waals surface area contributed by atoms with Crippen LogP contribution in [-0.2, 0) is 6.54 Å². The molecule has 2 atom stereocenters. The molecule has 1 aromatic rings. The van der Waals surface area contributed by atoms with Crippen LogP contribution in [0.15, 0.2) is 12.4 Å². The highest BCUT2D eigenvalue weighted by Crippen LogP contribution is 2.13. The molecule has 1 aliphatic rings. The SMILES string of the molecule is Cc1cnn(CCN2CC(C)C(N)C2)c1. The summed E-state index contributed by atoms with van der Waals surface area (Å²) in [6, 6.07) is 0.351. The average Bonchev–Trinajstić information content (AvgIpc) is 2.72. The molecule has 84 valence electrons. The first kappa shape index (κ1) is 10.6. The Kier molecular flexibility index (Phi) is 3.07. The molecule has 0 bridgehead atoms. The minimum atomic E-state index is 0.351. The van der Waals surface area contributed by atoms with Crippen LogP contribution in [0.2, 0.25) is 0 Å². The van der Waals surface area contributed by atoms with Gasteiger partial charge in [-0.25, -0.2) is 0 Å². The Labute approximate surface area is 91.1 Å². The zero-order valence-corrected chi connectivity index (χ0v) is 9.56. The summed E-state index contributed by atoms with van der Waals surface area (Å²) in [5.41, 5.74) is 7.20. The Morgan fingerprint density at radius 2 is 2.27 bits per heavy atom. The lowest BCUT2D eigenvalue weighted by Crippen LogP contribution is -2.30. The summed E-state index contributed by atoms with van der Waals surface area (Å²) in [5.74, 6) is 0.629. The van der Waals surface area contributed by atoms with Gasteiger partial charge in [-0.2, -0.15) is 5.10 Å². The third-order valence-corrected chi connectivity index (χ3v) is 3.15. The van der Waals surface area contributed by atoms with Crippen LogP contribution in [0.25, 0.3) is 0 Å². The first-order valence-electron chi connectivity index (χ1n) is 5.62. The predicted octanol–water partition coefficient (Wildman–Crippen LogP) is 0.471. The molecule has 0 saturated carbocycles. The Balaban J connectivity index is 1.79. The second kappa shape index (κ2) is 4.33. The quantitative estimate of drug-likeness (QED) is 0.785. The van der Waals surface area contributed by atoms with Crippen molar-refractivity contribution in [3.05, 3.63) is 18.0 Å². The fraction of sp³-hybridized carbons (Fsp3) is 0.727. The van der Waals surface area contributed by atoms with Crippen LogP contribution >= 0.6 is 0 Å². The van der Waals surface area contributed by atoms with Gasteiger partial charge in [0.2, 0.25) is 0 Å². The number of nitrogens with zero attached hydrogens (tertiary/aromatic N) is 3. The summed E-state index contributed by atoms with van der Waals surface area (Å²) in [4.78, 5) is 2.42. The van der Waals surface area contributed by atoms with Crippen LogP contribution in [0.3, 0.4) is 0 Å². The summed E-state index contributed by atoms with van der Waals surface area (Å²) in [7, 11) is 0. The van der Waals surface area contributed by atoms with Gasteiger partial charge in [0.1, 0.15) is 0 Å². The van der Waals surface area contributed by atoms with Gasteiger partial charge in [0, 0.05) is 31.9 Å². The van der Waals surface area contributed by atoms with E-state index in [4.69, 9.17) is 5.73 Å². The van der Waals surface area contributed by atoms with E-state index in [1.165, 1.54) is 5.56 Å². The second-order valence-corrected chi connectivity index (χ2v) is 4.68. The molecule has 0 aromatic carbocycles. The lowest BCUT2D eigenvalue weighted by Gasteiger charge is -2.14. The van der Waals surface area contributed by atoms with Crippen molar-refractivity contribution < 1.29 is 0 Å². The van der Waals surface area contributed by atoms with Gasteiger partial charge >= 0.3 is 0 Å². The number of hydrogen-bond donors (Lipinski definition) is 1. The Morgan fingerprint density at radius 1 is 1.47 bits per heavy atom. The van der Waals surface area contributed by atoms with Crippen molar-refractivity contribution in [3.8, 4) is 0 Å². The molecule has 4 nitrogen and oxygen atoms in total. The number of aryl methyl sites for hydroxylation is 1.